The normalized spacial score (nSPS) is 13.7. The highest BCUT2D eigenvalue weighted by atomic mass is 35.5. The van der Waals surface area contributed by atoms with Gasteiger partial charge in [-0.2, -0.15) is 0 Å². The molecule has 0 radical (unpaired) electrons. The molecule has 20 heavy (non-hydrogen) atoms. The van der Waals surface area contributed by atoms with Gasteiger partial charge in [0.15, 0.2) is 5.15 Å². The van der Waals surface area contributed by atoms with E-state index in [1.165, 1.54) is 11.1 Å². The largest absolute Gasteiger partial charge is 0.372 e. The molecule has 0 amide bonds. The first-order chi connectivity index (χ1) is 9.83. The summed E-state index contributed by atoms with van der Waals surface area (Å²) in [6.45, 7) is 1.37. The van der Waals surface area contributed by atoms with Crippen LogP contribution in [0.2, 0.25) is 5.15 Å². The van der Waals surface area contributed by atoms with E-state index in [1.54, 1.807) is 0 Å². The predicted molar refractivity (Wildman–Crippen MR) is 78.5 cm³/mol. The van der Waals surface area contributed by atoms with E-state index in [0.717, 1.165) is 22.0 Å². The Morgan fingerprint density at radius 2 is 1.70 bits per heavy atom. The minimum atomic E-state index is 0.439. The average molecular weight is 283 g/mol. The van der Waals surface area contributed by atoms with Gasteiger partial charge in [-0.05, 0) is 17.2 Å². The van der Waals surface area contributed by atoms with Gasteiger partial charge >= 0.3 is 0 Å². The van der Waals surface area contributed by atoms with E-state index >= 15 is 0 Å². The lowest BCUT2D eigenvalue weighted by Crippen LogP contribution is -1.93. The van der Waals surface area contributed by atoms with Crippen LogP contribution >= 0.6 is 11.6 Å². The van der Waals surface area contributed by atoms with Crippen LogP contribution in [0.25, 0.3) is 22.0 Å². The molecule has 3 aromatic rings. The molecular weight excluding hydrogens is 272 g/mol. The number of hydrogen-bond acceptors (Lipinski definition) is 3. The van der Waals surface area contributed by atoms with E-state index in [9.17, 15) is 0 Å². The Morgan fingerprint density at radius 3 is 2.60 bits per heavy atom. The van der Waals surface area contributed by atoms with Gasteiger partial charge in [0.25, 0.3) is 0 Å². The van der Waals surface area contributed by atoms with Gasteiger partial charge in [0.05, 0.1) is 13.2 Å². The quantitative estimate of drug-likeness (QED) is 0.677. The van der Waals surface area contributed by atoms with Crippen molar-refractivity contribution < 1.29 is 4.74 Å². The van der Waals surface area contributed by atoms with Gasteiger partial charge in [0, 0.05) is 16.3 Å². The van der Waals surface area contributed by atoms with Gasteiger partial charge < -0.3 is 4.74 Å². The number of hydrogen-bond donors (Lipinski definition) is 0. The summed E-state index contributed by atoms with van der Waals surface area (Å²) in [5.74, 6) is 0. The molecule has 3 nitrogen and oxygen atoms in total. The molecule has 0 spiro atoms. The number of halogens is 1. The summed E-state index contributed by atoms with van der Waals surface area (Å²) in [5.41, 5.74) is 4.39. The van der Waals surface area contributed by atoms with Crippen LogP contribution in [0.1, 0.15) is 11.1 Å². The second-order valence-corrected chi connectivity index (χ2v) is 5.22. The Balaban J connectivity index is 1.97. The van der Waals surface area contributed by atoms with Gasteiger partial charge in [-0.25, -0.2) is 0 Å². The molecule has 4 heteroatoms. The fourth-order valence-electron chi connectivity index (χ4n) is 2.60. The van der Waals surface area contributed by atoms with Crippen molar-refractivity contribution in [1.29, 1.82) is 0 Å². The molecule has 1 aliphatic heterocycles. The molecule has 0 saturated carbocycles. The number of fused-ring (bicyclic) bond motifs is 2. The van der Waals surface area contributed by atoms with Crippen LogP contribution in [-0.2, 0) is 18.0 Å². The van der Waals surface area contributed by atoms with Crippen LogP contribution in [-0.4, -0.2) is 10.2 Å². The molecule has 0 fully saturated rings. The van der Waals surface area contributed by atoms with Crippen LogP contribution in [0.3, 0.4) is 0 Å². The maximum absolute atomic E-state index is 6.12. The topological polar surface area (TPSA) is 35.0 Å². The third-order valence-corrected chi connectivity index (χ3v) is 3.92. The van der Waals surface area contributed by atoms with E-state index in [2.05, 4.69) is 28.4 Å². The molecule has 1 aromatic heterocycles. The third-order valence-electron chi connectivity index (χ3n) is 3.64. The number of rotatable bonds is 1. The molecule has 2 heterocycles. The molecule has 2 aromatic carbocycles. The Labute approximate surface area is 121 Å². The molecule has 0 bridgehead atoms. The van der Waals surface area contributed by atoms with Crippen molar-refractivity contribution in [3.8, 4) is 11.3 Å². The monoisotopic (exact) mass is 282 g/mol. The summed E-state index contributed by atoms with van der Waals surface area (Å²) in [5, 5.41) is 10.7. The van der Waals surface area contributed by atoms with Crippen molar-refractivity contribution in [3.05, 3.63) is 58.7 Å². The molecule has 1 aliphatic rings. The van der Waals surface area contributed by atoms with Crippen molar-refractivity contribution >= 4 is 22.4 Å². The average Bonchev–Trinajstić information content (AvgIpc) is 2.95. The van der Waals surface area contributed by atoms with Gasteiger partial charge in [0.1, 0.15) is 5.69 Å². The molecule has 98 valence electrons. The van der Waals surface area contributed by atoms with E-state index < -0.39 is 0 Å². The first-order valence-corrected chi connectivity index (χ1v) is 6.81. The van der Waals surface area contributed by atoms with E-state index in [-0.39, 0.29) is 0 Å². The van der Waals surface area contributed by atoms with E-state index in [0.29, 0.717) is 18.4 Å². The second kappa shape index (κ2) is 4.54. The summed E-state index contributed by atoms with van der Waals surface area (Å²) in [6, 6.07) is 14.2. The highest BCUT2D eigenvalue weighted by Gasteiger charge is 2.14. The van der Waals surface area contributed by atoms with E-state index in [1.807, 2.05) is 24.3 Å². The van der Waals surface area contributed by atoms with Crippen LogP contribution in [0, 0.1) is 0 Å². The molecule has 0 saturated heterocycles. The summed E-state index contributed by atoms with van der Waals surface area (Å²) in [7, 11) is 0. The number of ether oxygens (including phenoxy) is 1. The molecule has 0 aliphatic carbocycles. The van der Waals surface area contributed by atoms with Crippen LogP contribution in [0.15, 0.2) is 42.5 Å². The summed E-state index contributed by atoms with van der Waals surface area (Å²) < 4.78 is 5.46. The minimum absolute atomic E-state index is 0.439. The lowest BCUT2D eigenvalue weighted by molar-refractivity contribution is 0.134. The lowest BCUT2D eigenvalue weighted by atomic mass is 10.0. The highest BCUT2D eigenvalue weighted by Crippen LogP contribution is 2.31. The van der Waals surface area contributed by atoms with Crippen molar-refractivity contribution in [1.82, 2.24) is 10.2 Å². The van der Waals surface area contributed by atoms with Crippen LogP contribution < -0.4 is 0 Å². The Morgan fingerprint density at radius 1 is 0.900 bits per heavy atom. The summed E-state index contributed by atoms with van der Waals surface area (Å²) in [6.07, 6.45) is 0. The second-order valence-electron chi connectivity index (χ2n) is 4.86. The number of aromatic nitrogens is 2. The standard InChI is InChI=1S/C16H11ClN2O/c17-16-14-4-2-1-3-13(14)15(18-19-16)10-5-6-11-8-20-9-12(11)7-10/h1-7H,8-9H2. The summed E-state index contributed by atoms with van der Waals surface area (Å²) >= 11 is 6.12. The van der Waals surface area contributed by atoms with Crippen molar-refractivity contribution in [2.24, 2.45) is 0 Å². The minimum Gasteiger partial charge on any atom is -0.372 e. The van der Waals surface area contributed by atoms with Crippen molar-refractivity contribution in [3.63, 3.8) is 0 Å². The van der Waals surface area contributed by atoms with Crippen LogP contribution in [0.4, 0.5) is 0 Å². The van der Waals surface area contributed by atoms with Gasteiger partial charge in [-0.3, -0.25) is 0 Å². The first-order valence-electron chi connectivity index (χ1n) is 6.44. The Kier molecular flexibility index (Phi) is 2.69. The Bertz CT molecular complexity index is 817. The SMILES string of the molecule is Clc1nnc(-c2ccc3c(c2)COC3)c2ccccc12. The molecule has 0 N–H and O–H groups in total. The van der Waals surface area contributed by atoms with Gasteiger partial charge in [-0.1, -0.05) is 48.0 Å². The van der Waals surface area contributed by atoms with Crippen molar-refractivity contribution in [2.45, 2.75) is 13.2 Å². The predicted octanol–water partition coefficient (Wildman–Crippen LogP) is 3.98. The maximum Gasteiger partial charge on any atom is 0.159 e. The fourth-order valence-corrected chi connectivity index (χ4v) is 2.81. The molecule has 0 unspecified atom stereocenters. The zero-order valence-electron chi connectivity index (χ0n) is 10.6. The van der Waals surface area contributed by atoms with Gasteiger partial charge in [0.2, 0.25) is 0 Å². The third kappa shape index (κ3) is 1.79. The van der Waals surface area contributed by atoms with Crippen LogP contribution in [0.5, 0.6) is 0 Å². The summed E-state index contributed by atoms with van der Waals surface area (Å²) in [4.78, 5) is 0. The lowest BCUT2D eigenvalue weighted by Gasteiger charge is -2.07. The van der Waals surface area contributed by atoms with Crippen molar-refractivity contribution in [2.75, 3.05) is 0 Å². The number of nitrogens with zero attached hydrogens (tertiary/aromatic N) is 2. The zero-order chi connectivity index (χ0) is 13.5. The highest BCUT2D eigenvalue weighted by molar-refractivity contribution is 6.34. The maximum atomic E-state index is 6.12. The first kappa shape index (κ1) is 11.8. The smallest absolute Gasteiger partial charge is 0.159 e. The zero-order valence-corrected chi connectivity index (χ0v) is 11.4. The van der Waals surface area contributed by atoms with E-state index in [4.69, 9.17) is 16.3 Å². The number of benzene rings is 2. The molecule has 0 atom stereocenters. The molecule has 4 rings (SSSR count). The Hall–Kier alpha value is -1.97. The fraction of sp³-hybridized carbons (Fsp3) is 0.125. The van der Waals surface area contributed by atoms with Gasteiger partial charge in [-0.15, -0.1) is 10.2 Å². The molecular formula is C16H11ClN2O.